The van der Waals surface area contributed by atoms with Crippen LogP contribution in [0.5, 0.6) is 0 Å². The van der Waals surface area contributed by atoms with Gasteiger partial charge in [-0.2, -0.15) is 0 Å². The highest BCUT2D eigenvalue weighted by molar-refractivity contribution is 4.78. The molecule has 0 radical (unpaired) electrons. The normalized spacial score (nSPS) is 24.6. The van der Waals surface area contributed by atoms with Gasteiger partial charge in [0.05, 0.1) is 0 Å². The molecule has 2 heteroatoms. The van der Waals surface area contributed by atoms with Crippen molar-refractivity contribution in [3.8, 4) is 0 Å². The van der Waals surface area contributed by atoms with Crippen molar-refractivity contribution in [2.45, 2.75) is 45.4 Å². The summed E-state index contributed by atoms with van der Waals surface area (Å²) in [6.45, 7) is 8.81. The number of likely N-dealkylation sites (tertiary alicyclic amines) is 1. The Morgan fingerprint density at radius 1 is 1.06 bits per heavy atom. The highest BCUT2D eigenvalue weighted by Gasteiger charge is 2.24. The van der Waals surface area contributed by atoms with Crippen molar-refractivity contribution in [2.75, 3.05) is 32.7 Å². The van der Waals surface area contributed by atoms with Crippen molar-refractivity contribution >= 4 is 0 Å². The van der Waals surface area contributed by atoms with Crippen molar-refractivity contribution in [3.63, 3.8) is 0 Å². The third kappa shape index (κ3) is 3.74. The summed E-state index contributed by atoms with van der Waals surface area (Å²) in [6, 6.07) is 0. The van der Waals surface area contributed by atoms with Gasteiger partial charge in [0.1, 0.15) is 0 Å². The number of rotatable bonds is 6. The second kappa shape index (κ2) is 6.61. The lowest BCUT2D eigenvalue weighted by Gasteiger charge is -2.37. The molecule has 0 atom stereocenters. The summed E-state index contributed by atoms with van der Waals surface area (Å²) in [5, 5.41) is 3.56. The minimum absolute atomic E-state index is 0.948. The molecule has 0 amide bonds. The van der Waals surface area contributed by atoms with E-state index in [4.69, 9.17) is 0 Å². The number of piperidine rings is 1. The predicted octanol–water partition coefficient (Wildman–Crippen LogP) is 2.50. The molecular weight excluding hydrogens is 196 g/mol. The first-order valence-corrected chi connectivity index (χ1v) is 7.31. The lowest BCUT2D eigenvalue weighted by atomic mass is 9.84. The van der Waals surface area contributed by atoms with Crippen LogP contribution in [-0.2, 0) is 0 Å². The molecule has 0 aromatic carbocycles. The summed E-state index contributed by atoms with van der Waals surface area (Å²) in [6.07, 6.45) is 8.59. The average Bonchev–Trinajstić information content (AvgIpc) is 2.26. The first-order valence-electron chi connectivity index (χ1n) is 7.31. The molecule has 94 valence electrons. The Hall–Kier alpha value is -0.0800. The maximum absolute atomic E-state index is 3.56. The summed E-state index contributed by atoms with van der Waals surface area (Å²) < 4.78 is 0. The van der Waals surface area contributed by atoms with E-state index in [0.29, 0.717) is 0 Å². The zero-order chi connectivity index (χ0) is 11.2. The fourth-order valence-electron chi connectivity index (χ4n) is 2.90. The summed E-state index contributed by atoms with van der Waals surface area (Å²) in [5.41, 5.74) is 0. The van der Waals surface area contributed by atoms with E-state index >= 15 is 0 Å². The standard InChI is InChI=1S/C14H28N2/c1-2-8-15-11-13-6-9-16(10-7-13)12-14-4-3-5-14/h13-15H,2-12H2,1H3. The minimum atomic E-state index is 0.948. The maximum Gasteiger partial charge on any atom is 0.000966 e. The van der Waals surface area contributed by atoms with Crippen molar-refractivity contribution in [2.24, 2.45) is 11.8 Å². The van der Waals surface area contributed by atoms with E-state index in [0.717, 1.165) is 11.8 Å². The van der Waals surface area contributed by atoms with Gasteiger partial charge in [-0.1, -0.05) is 13.3 Å². The molecule has 1 aliphatic heterocycles. The van der Waals surface area contributed by atoms with Crippen LogP contribution < -0.4 is 5.32 Å². The monoisotopic (exact) mass is 224 g/mol. The van der Waals surface area contributed by atoms with E-state index in [1.165, 1.54) is 71.2 Å². The molecule has 0 bridgehead atoms. The van der Waals surface area contributed by atoms with Crippen LogP contribution in [0.1, 0.15) is 45.4 Å². The molecule has 1 heterocycles. The third-order valence-corrected chi connectivity index (χ3v) is 4.31. The lowest BCUT2D eigenvalue weighted by Crippen LogP contribution is -2.40. The highest BCUT2D eigenvalue weighted by Crippen LogP contribution is 2.28. The minimum Gasteiger partial charge on any atom is -0.316 e. The Bertz CT molecular complexity index is 181. The van der Waals surface area contributed by atoms with Crippen molar-refractivity contribution in [3.05, 3.63) is 0 Å². The molecule has 2 fully saturated rings. The van der Waals surface area contributed by atoms with Gasteiger partial charge in [0.2, 0.25) is 0 Å². The van der Waals surface area contributed by atoms with E-state index in [2.05, 4.69) is 17.1 Å². The first kappa shape index (κ1) is 12.4. The zero-order valence-electron chi connectivity index (χ0n) is 10.9. The van der Waals surface area contributed by atoms with Gasteiger partial charge >= 0.3 is 0 Å². The maximum atomic E-state index is 3.56. The van der Waals surface area contributed by atoms with E-state index in [1.807, 2.05) is 0 Å². The summed E-state index contributed by atoms with van der Waals surface area (Å²) in [7, 11) is 0. The number of hydrogen-bond donors (Lipinski definition) is 1. The fourth-order valence-corrected chi connectivity index (χ4v) is 2.90. The predicted molar refractivity (Wildman–Crippen MR) is 69.7 cm³/mol. The Balaban J connectivity index is 1.55. The Morgan fingerprint density at radius 3 is 2.38 bits per heavy atom. The van der Waals surface area contributed by atoms with Crippen LogP contribution in [0.25, 0.3) is 0 Å². The second-order valence-electron chi connectivity index (χ2n) is 5.75. The average molecular weight is 224 g/mol. The first-order chi connectivity index (χ1) is 7.88. The van der Waals surface area contributed by atoms with Crippen LogP contribution in [0.3, 0.4) is 0 Å². The highest BCUT2D eigenvalue weighted by atomic mass is 15.1. The topological polar surface area (TPSA) is 15.3 Å². The van der Waals surface area contributed by atoms with Crippen LogP contribution in [0.4, 0.5) is 0 Å². The molecule has 2 nitrogen and oxygen atoms in total. The molecule has 0 aromatic rings. The quantitative estimate of drug-likeness (QED) is 0.697. The smallest absolute Gasteiger partial charge is 0.000966 e. The van der Waals surface area contributed by atoms with E-state index in [-0.39, 0.29) is 0 Å². The van der Waals surface area contributed by atoms with Gasteiger partial charge in [-0.25, -0.2) is 0 Å². The van der Waals surface area contributed by atoms with Gasteiger partial charge in [0.25, 0.3) is 0 Å². The summed E-state index contributed by atoms with van der Waals surface area (Å²) in [4.78, 5) is 2.71. The van der Waals surface area contributed by atoms with Gasteiger partial charge in [-0.15, -0.1) is 0 Å². The number of nitrogens with zero attached hydrogens (tertiary/aromatic N) is 1. The second-order valence-corrected chi connectivity index (χ2v) is 5.75. The molecular formula is C14H28N2. The molecule has 2 rings (SSSR count). The van der Waals surface area contributed by atoms with E-state index < -0.39 is 0 Å². The lowest BCUT2D eigenvalue weighted by molar-refractivity contribution is 0.131. The number of nitrogens with one attached hydrogen (secondary N) is 1. The Labute approximate surface area is 101 Å². The van der Waals surface area contributed by atoms with Crippen LogP contribution in [0, 0.1) is 11.8 Å². The molecule has 0 aromatic heterocycles. The molecule has 16 heavy (non-hydrogen) atoms. The zero-order valence-corrected chi connectivity index (χ0v) is 10.9. The van der Waals surface area contributed by atoms with Gasteiger partial charge in [0.15, 0.2) is 0 Å². The SMILES string of the molecule is CCCNCC1CCN(CC2CCC2)CC1. The van der Waals surface area contributed by atoms with Crippen LogP contribution in [0.2, 0.25) is 0 Å². The van der Waals surface area contributed by atoms with Crippen molar-refractivity contribution < 1.29 is 0 Å². The molecule has 1 saturated heterocycles. The molecule has 0 unspecified atom stereocenters. The van der Waals surface area contributed by atoms with E-state index in [1.54, 1.807) is 0 Å². The molecule has 1 aliphatic carbocycles. The third-order valence-electron chi connectivity index (χ3n) is 4.31. The van der Waals surface area contributed by atoms with Crippen molar-refractivity contribution in [1.29, 1.82) is 0 Å². The number of hydrogen-bond acceptors (Lipinski definition) is 2. The van der Waals surface area contributed by atoms with Gasteiger partial charge < -0.3 is 10.2 Å². The molecule has 0 spiro atoms. The fraction of sp³-hybridized carbons (Fsp3) is 1.00. The van der Waals surface area contributed by atoms with Gasteiger partial charge in [-0.05, 0) is 70.1 Å². The largest absolute Gasteiger partial charge is 0.316 e. The van der Waals surface area contributed by atoms with Crippen molar-refractivity contribution in [1.82, 2.24) is 10.2 Å². The summed E-state index contributed by atoms with van der Waals surface area (Å²) >= 11 is 0. The molecule has 1 saturated carbocycles. The van der Waals surface area contributed by atoms with Crippen LogP contribution in [-0.4, -0.2) is 37.6 Å². The summed E-state index contributed by atoms with van der Waals surface area (Å²) in [5.74, 6) is 2.00. The Morgan fingerprint density at radius 2 is 1.81 bits per heavy atom. The van der Waals surface area contributed by atoms with E-state index in [9.17, 15) is 0 Å². The Kier molecular flexibility index (Phi) is 5.11. The molecule has 1 N–H and O–H groups in total. The molecule has 2 aliphatic rings. The van der Waals surface area contributed by atoms with Gasteiger partial charge in [0, 0.05) is 6.54 Å². The van der Waals surface area contributed by atoms with Crippen LogP contribution >= 0.6 is 0 Å². The van der Waals surface area contributed by atoms with Gasteiger partial charge in [-0.3, -0.25) is 0 Å². The van der Waals surface area contributed by atoms with Crippen LogP contribution in [0.15, 0.2) is 0 Å².